The highest BCUT2D eigenvalue weighted by Gasteiger charge is 2.25. The van der Waals surface area contributed by atoms with E-state index in [-0.39, 0.29) is 11.5 Å². The van der Waals surface area contributed by atoms with Crippen LogP contribution in [-0.4, -0.2) is 14.1 Å². The van der Waals surface area contributed by atoms with Crippen molar-refractivity contribution in [3.63, 3.8) is 0 Å². The predicted molar refractivity (Wildman–Crippen MR) is 71.0 cm³/mol. The molecule has 84 valence electrons. The molecule has 0 saturated heterocycles. The number of rotatable bonds is 2. The van der Waals surface area contributed by atoms with Crippen molar-refractivity contribution in [2.45, 2.75) is 26.2 Å². The summed E-state index contributed by atoms with van der Waals surface area (Å²) in [7, 11) is -5.25. The van der Waals surface area contributed by atoms with Crippen LogP contribution in [0.3, 0.4) is 0 Å². The molecule has 0 aliphatic heterocycles. The fourth-order valence-corrected chi connectivity index (χ4v) is 1.99. The van der Waals surface area contributed by atoms with Crippen LogP contribution in [0.1, 0.15) is 34.6 Å². The molecule has 3 heteroatoms. The lowest BCUT2D eigenvalue weighted by Crippen LogP contribution is -2.15. The van der Waals surface area contributed by atoms with Crippen LogP contribution >= 0.6 is 22.6 Å². The molecule has 0 atom stereocenters. The number of ether oxygens (including phenoxy) is 2. The fourth-order valence-electron chi connectivity index (χ4n) is 1.43. The van der Waals surface area contributed by atoms with Gasteiger partial charge in [0.2, 0.25) is 0 Å². The largest absolute Gasteiger partial charge is 0.496 e. The van der Waals surface area contributed by atoms with Gasteiger partial charge < -0.3 is 9.47 Å². The van der Waals surface area contributed by atoms with Crippen LogP contribution in [0.25, 0.3) is 0 Å². The van der Waals surface area contributed by atoms with E-state index in [4.69, 9.17) is 17.7 Å². The number of halogens is 1. The standard InChI is InChI=1S/C12H17IO2/c1-12(2,3)10-9(14-4)7-6-8(13)11(10)15-5/h6-7H,1-5H3/i4D3,5D3. The monoisotopic (exact) mass is 326 g/mol. The first-order chi connectivity index (χ1) is 9.21. The third-order valence-corrected chi connectivity index (χ3v) is 2.88. The quantitative estimate of drug-likeness (QED) is 0.773. The minimum atomic E-state index is -2.63. The van der Waals surface area contributed by atoms with E-state index in [0.29, 0.717) is 9.13 Å². The Bertz CT molecular complexity index is 516. The highest BCUT2D eigenvalue weighted by molar-refractivity contribution is 14.1. The molecule has 0 saturated carbocycles. The average Bonchev–Trinajstić information content (AvgIpc) is 2.16. The maximum atomic E-state index is 7.27. The van der Waals surface area contributed by atoms with Gasteiger partial charge in [0, 0.05) is 5.56 Å². The van der Waals surface area contributed by atoms with E-state index in [0.717, 1.165) is 0 Å². The first kappa shape index (κ1) is 6.33. The highest BCUT2D eigenvalue weighted by atomic mass is 127. The van der Waals surface area contributed by atoms with Crippen LogP contribution < -0.4 is 9.47 Å². The first-order valence-electron chi connectivity index (χ1n) is 7.42. The van der Waals surface area contributed by atoms with Crippen LogP contribution in [0.5, 0.6) is 11.5 Å². The summed E-state index contributed by atoms with van der Waals surface area (Å²) >= 11 is 1.95. The molecule has 0 amide bonds. The summed E-state index contributed by atoms with van der Waals surface area (Å²) in [5.41, 5.74) is -0.135. The van der Waals surface area contributed by atoms with Crippen molar-refractivity contribution in [2.24, 2.45) is 0 Å². The summed E-state index contributed by atoms with van der Waals surface area (Å²) < 4.78 is 54.2. The topological polar surface area (TPSA) is 18.5 Å². The van der Waals surface area contributed by atoms with Crippen LogP contribution in [0.4, 0.5) is 0 Å². The van der Waals surface area contributed by atoms with Gasteiger partial charge in [-0.1, -0.05) is 20.8 Å². The maximum absolute atomic E-state index is 7.27. The summed E-state index contributed by atoms with van der Waals surface area (Å²) in [4.78, 5) is 0. The summed E-state index contributed by atoms with van der Waals surface area (Å²) in [6.07, 6.45) is 0. The van der Waals surface area contributed by atoms with Gasteiger partial charge in [0.25, 0.3) is 0 Å². The Balaban J connectivity index is 3.51. The molecule has 0 radical (unpaired) electrons. The van der Waals surface area contributed by atoms with Crippen LogP contribution in [0, 0.1) is 3.57 Å². The van der Waals surface area contributed by atoms with Crippen LogP contribution in [0.2, 0.25) is 0 Å². The van der Waals surface area contributed by atoms with Crippen molar-refractivity contribution < 1.29 is 17.7 Å². The molecule has 15 heavy (non-hydrogen) atoms. The van der Waals surface area contributed by atoms with Crippen molar-refractivity contribution in [3.8, 4) is 11.5 Å². The molecule has 0 aliphatic rings. The van der Waals surface area contributed by atoms with Crippen molar-refractivity contribution in [1.29, 1.82) is 0 Å². The van der Waals surface area contributed by atoms with E-state index in [1.165, 1.54) is 6.07 Å². The molecule has 0 aromatic heterocycles. The molecule has 1 aromatic rings. The SMILES string of the molecule is [2H]C([2H])([2H])Oc1ccc(I)c(OC([2H])([2H])[2H])c1C(C)(C)C. The Labute approximate surface area is 114 Å². The van der Waals surface area contributed by atoms with Gasteiger partial charge in [-0.3, -0.25) is 0 Å². The Kier molecular flexibility index (Phi) is 1.94. The van der Waals surface area contributed by atoms with Gasteiger partial charge in [-0.05, 0) is 40.1 Å². The number of hydrogen-bond donors (Lipinski definition) is 0. The predicted octanol–water partition coefficient (Wildman–Crippen LogP) is 3.61. The average molecular weight is 326 g/mol. The lowest BCUT2D eigenvalue weighted by molar-refractivity contribution is 0.365. The second-order valence-electron chi connectivity index (χ2n) is 4.20. The molecule has 0 unspecified atom stereocenters. The smallest absolute Gasteiger partial charge is 0.139 e. The molecule has 0 heterocycles. The molecule has 0 bridgehead atoms. The Hall–Kier alpha value is -0.450. The van der Waals surface area contributed by atoms with Crippen LogP contribution in [0.15, 0.2) is 12.1 Å². The second kappa shape index (κ2) is 4.60. The zero-order chi connectivity index (χ0) is 16.6. The summed E-state index contributed by atoms with van der Waals surface area (Å²) in [5, 5.41) is 0. The van der Waals surface area contributed by atoms with Gasteiger partial charge in [-0.15, -0.1) is 0 Å². The Morgan fingerprint density at radius 1 is 1.20 bits per heavy atom. The van der Waals surface area contributed by atoms with Crippen molar-refractivity contribution in [3.05, 3.63) is 21.3 Å². The molecule has 0 spiro atoms. The molecule has 1 rings (SSSR count). The molecule has 2 nitrogen and oxygen atoms in total. The molecule has 1 aromatic carbocycles. The van der Waals surface area contributed by atoms with Crippen LogP contribution in [-0.2, 0) is 5.41 Å². The molecular weight excluding hydrogens is 303 g/mol. The van der Waals surface area contributed by atoms with E-state index in [1.54, 1.807) is 6.07 Å². The van der Waals surface area contributed by atoms with Gasteiger partial charge in [-0.25, -0.2) is 0 Å². The normalized spacial score (nSPS) is 18.9. The van der Waals surface area contributed by atoms with E-state index in [1.807, 2.05) is 43.4 Å². The number of hydrogen-bond acceptors (Lipinski definition) is 2. The Morgan fingerprint density at radius 3 is 2.40 bits per heavy atom. The minimum Gasteiger partial charge on any atom is -0.496 e. The zero-order valence-corrected chi connectivity index (χ0v) is 11.0. The third kappa shape index (κ3) is 2.56. The number of benzene rings is 1. The van der Waals surface area contributed by atoms with Gasteiger partial charge in [-0.2, -0.15) is 0 Å². The molecule has 0 N–H and O–H groups in total. The molecule has 0 fully saturated rings. The van der Waals surface area contributed by atoms with E-state index >= 15 is 0 Å². The summed E-state index contributed by atoms with van der Waals surface area (Å²) in [6, 6.07) is 3.08. The molecular formula is C12H17IO2. The first-order valence-corrected chi connectivity index (χ1v) is 5.49. The van der Waals surface area contributed by atoms with Crippen molar-refractivity contribution >= 4 is 22.6 Å². The van der Waals surface area contributed by atoms with E-state index in [2.05, 4.69) is 0 Å². The van der Waals surface area contributed by atoms with Crippen molar-refractivity contribution in [1.82, 2.24) is 0 Å². The lowest BCUT2D eigenvalue weighted by Gasteiger charge is -2.25. The molecule has 0 aliphatic carbocycles. The summed E-state index contributed by atoms with van der Waals surface area (Å²) in [6.45, 7) is 5.49. The van der Waals surface area contributed by atoms with Gasteiger partial charge in [0.15, 0.2) is 0 Å². The maximum Gasteiger partial charge on any atom is 0.139 e. The number of methoxy groups -OCH3 is 2. The van der Waals surface area contributed by atoms with Gasteiger partial charge in [0.05, 0.1) is 25.9 Å². The highest BCUT2D eigenvalue weighted by Crippen LogP contribution is 2.41. The van der Waals surface area contributed by atoms with Gasteiger partial charge in [0.1, 0.15) is 11.5 Å². The minimum absolute atomic E-state index is 0.0992. The van der Waals surface area contributed by atoms with E-state index in [9.17, 15) is 0 Å². The third-order valence-electron chi connectivity index (χ3n) is 2.03. The van der Waals surface area contributed by atoms with E-state index < -0.39 is 19.5 Å². The second-order valence-corrected chi connectivity index (χ2v) is 5.37. The van der Waals surface area contributed by atoms with Crippen molar-refractivity contribution in [2.75, 3.05) is 14.1 Å². The summed E-state index contributed by atoms with van der Waals surface area (Å²) in [5.74, 6) is 0.229. The fraction of sp³-hybridized carbons (Fsp3) is 0.500. The zero-order valence-electron chi connectivity index (χ0n) is 14.8. The van der Waals surface area contributed by atoms with Gasteiger partial charge >= 0.3 is 0 Å². The lowest BCUT2D eigenvalue weighted by atomic mass is 9.85. The Morgan fingerprint density at radius 2 is 1.87 bits per heavy atom.